The zero-order valence-corrected chi connectivity index (χ0v) is 15.5. The molecule has 26 heavy (non-hydrogen) atoms. The van der Waals surface area contributed by atoms with Crippen LogP contribution in [0.1, 0.15) is 18.3 Å². The SMILES string of the molecule is CCOc1cc(C)nc(N2CCN(C(=O)NCc3ccnn3C)CC2)n1. The van der Waals surface area contributed by atoms with Crippen LogP contribution in [0.2, 0.25) is 0 Å². The Hall–Kier alpha value is -2.84. The summed E-state index contributed by atoms with van der Waals surface area (Å²) in [6, 6.07) is 3.66. The number of aryl methyl sites for hydroxylation is 2. The highest BCUT2D eigenvalue weighted by Crippen LogP contribution is 2.17. The quantitative estimate of drug-likeness (QED) is 0.855. The Kier molecular flexibility index (Phi) is 5.55. The molecule has 9 nitrogen and oxygen atoms in total. The van der Waals surface area contributed by atoms with E-state index in [1.807, 2.05) is 37.9 Å². The first kappa shape index (κ1) is 18.0. The molecule has 0 aromatic carbocycles. The minimum absolute atomic E-state index is 0.0639. The van der Waals surface area contributed by atoms with Crippen LogP contribution in [0.25, 0.3) is 0 Å². The highest BCUT2D eigenvalue weighted by molar-refractivity contribution is 5.74. The molecule has 9 heteroatoms. The molecule has 3 heterocycles. The van der Waals surface area contributed by atoms with E-state index in [4.69, 9.17) is 4.74 Å². The lowest BCUT2D eigenvalue weighted by Gasteiger charge is -2.34. The molecular weight excluding hydrogens is 334 g/mol. The molecule has 0 saturated carbocycles. The van der Waals surface area contributed by atoms with Gasteiger partial charge in [-0.15, -0.1) is 0 Å². The van der Waals surface area contributed by atoms with Crippen LogP contribution in [-0.2, 0) is 13.6 Å². The van der Waals surface area contributed by atoms with Gasteiger partial charge in [-0.3, -0.25) is 4.68 Å². The van der Waals surface area contributed by atoms with Crippen LogP contribution in [0.3, 0.4) is 0 Å². The Morgan fingerprint density at radius 2 is 2.04 bits per heavy atom. The van der Waals surface area contributed by atoms with E-state index in [0.29, 0.717) is 51.2 Å². The van der Waals surface area contributed by atoms with Gasteiger partial charge in [0.1, 0.15) is 0 Å². The van der Waals surface area contributed by atoms with Crippen molar-refractivity contribution in [2.45, 2.75) is 20.4 Å². The summed E-state index contributed by atoms with van der Waals surface area (Å²) < 4.78 is 7.25. The van der Waals surface area contributed by atoms with Crippen LogP contribution in [0, 0.1) is 6.92 Å². The molecule has 0 unspecified atom stereocenters. The van der Waals surface area contributed by atoms with Crippen LogP contribution in [0.4, 0.5) is 10.7 Å². The predicted molar refractivity (Wildman–Crippen MR) is 97.2 cm³/mol. The lowest BCUT2D eigenvalue weighted by atomic mass is 10.3. The van der Waals surface area contributed by atoms with E-state index in [9.17, 15) is 4.79 Å². The maximum Gasteiger partial charge on any atom is 0.317 e. The van der Waals surface area contributed by atoms with Crippen molar-refractivity contribution in [3.8, 4) is 5.88 Å². The number of ether oxygens (including phenoxy) is 1. The van der Waals surface area contributed by atoms with E-state index < -0.39 is 0 Å². The monoisotopic (exact) mass is 359 g/mol. The van der Waals surface area contributed by atoms with Gasteiger partial charge in [0.05, 0.1) is 18.8 Å². The minimum Gasteiger partial charge on any atom is -0.478 e. The van der Waals surface area contributed by atoms with E-state index in [2.05, 4.69) is 25.3 Å². The van der Waals surface area contributed by atoms with Crippen molar-refractivity contribution < 1.29 is 9.53 Å². The maximum absolute atomic E-state index is 12.4. The lowest BCUT2D eigenvalue weighted by molar-refractivity contribution is 0.193. The number of piperazine rings is 1. The largest absolute Gasteiger partial charge is 0.478 e. The third-order valence-corrected chi connectivity index (χ3v) is 4.30. The molecule has 2 aromatic heterocycles. The molecule has 0 aliphatic carbocycles. The molecule has 0 radical (unpaired) electrons. The number of hydrogen-bond acceptors (Lipinski definition) is 6. The van der Waals surface area contributed by atoms with Gasteiger partial charge in [0.15, 0.2) is 0 Å². The molecule has 140 valence electrons. The van der Waals surface area contributed by atoms with Crippen LogP contribution in [-0.4, -0.2) is 63.5 Å². The number of carbonyl (C=O) groups is 1. The second kappa shape index (κ2) is 8.03. The smallest absolute Gasteiger partial charge is 0.317 e. The fourth-order valence-electron chi connectivity index (χ4n) is 2.85. The van der Waals surface area contributed by atoms with Crippen molar-refractivity contribution in [3.63, 3.8) is 0 Å². The summed E-state index contributed by atoms with van der Waals surface area (Å²) in [4.78, 5) is 25.2. The zero-order valence-electron chi connectivity index (χ0n) is 15.5. The third-order valence-electron chi connectivity index (χ3n) is 4.30. The average molecular weight is 359 g/mol. The van der Waals surface area contributed by atoms with E-state index in [1.54, 1.807) is 10.9 Å². The number of aromatic nitrogens is 4. The van der Waals surface area contributed by atoms with Crippen LogP contribution in [0.15, 0.2) is 18.3 Å². The van der Waals surface area contributed by atoms with E-state index in [-0.39, 0.29) is 6.03 Å². The van der Waals surface area contributed by atoms with E-state index >= 15 is 0 Å². The summed E-state index contributed by atoms with van der Waals surface area (Å²) in [7, 11) is 1.86. The van der Waals surface area contributed by atoms with Gasteiger partial charge in [0.25, 0.3) is 0 Å². The molecule has 1 aliphatic heterocycles. The van der Waals surface area contributed by atoms with Gasteiger partial charge in [-0.05, 0) is 19.9 Å². The van der Waals surface area contributed by atoms with Gasteiger partial charge in [-0.1, -0.05) is 0 Å². The summed E-state index contributed by atoms with van der Waals surface area (Å²) in [6.07, 6.45) is 1.72. The highest BCUT2D eigenvalue weighted by Gasteiger charge is 2.23. The first-order chi connectivity index (χ1) is 12.6. The molecule has 0 bridgehead atoms. The Bertz CT molecular complexity index is 753. The summed E-state index contributed by atoms with van der Waals surface area (Å²) in [5.41, 5.74) is 1.84. The Morgan fingerprint density at radius 3 is 2.69 bits per heavy atom. The molecule has 2 amide bonds. The van der Waals surface area contributed by atoms with E-state index in [1.165, 1.54) is 0 Å². The number of anilines is 1. The van der Waals surface area contributed by atoms with Crippen LogP contribution in [0.5, 0.6) is 5.88 Å². The van der Waals surface area contributed by atoms with Crippen LogP contribution >= 0.6 is 0 Å². The van der Waals surface area contributed by atoms with E-state index in [0.717, 1.165) is 11.4 Å². The topological polar surface area (TPSA) is 88.4 Å². The second-order valence-electron chi connectivity index (χ2n) is 6.16. The van der Waals surface area contributed by atoms with Gasteiger partial charge in [0, 0.05) is 51.2 Å². The standard InChI is InChI=1S/C17H25N7O2/c1-4-26-15-11-13(2)20-16(21-15)23-7-9-24(10-8-23)17(25)18-12-14-5-6-19-22(14)3/h5-6,11H,4,7-10,12H2,1-3H3,(H,18,25). The van der Waals surface area contributed by atoms with Crippen molar-refractivity contribution >= 4 is 12.0 Å². The number of nitrogens with zero attached hydrogens (tertiary/aromatic N) is 6. The summed E-state index contributed by atoms with van der Waals surface area (Å²) in [5.74, 6) is 1.25. The highest BCUT2D eigenvalue weighted by atomic mass is 16.5. The van der Waals surface area contributed by atoms with Crippen molar-refractivity contribution in [2.75, 3.05) is 37.7 Å². The normalized spacial score (nSPS) is 14.4. The van der Waals surface area contributed by atoms with Crippen molar-refractivity contribution in [3.05, 3.63) is 29.7 Å². The maximum atomic E-state index is 12.4. The number of rotatable bonds is 5. The molecule has 1 saturated heterocycles. The summed E-state index contributed by atoms with van der Waals surface area (Å²) in [5, 5.41) is 7.04. The fraction of sp³-hybridized carbons (Fsp3) is 0.529. The summed E-state index contributed by atoms with van der Waals surface area (Å²) >= 11 is 0. The van der Waals surface area contributed by atoms with Gasteiger partial charge < -0.3 is 19.9 Å². The molecule has 0 spiro atoms. The Labute approximate surface area is 153 Å². The molecule has 0 atom stereocenters. The number of hydrogen-bond donors (Lipinski definition) is 1. The first-order valence-corrected chi connectivity index (χ1v) is 8.80. The molecule has 2 aromatic rings. The number of carbonyl (C=O) groups excluding carboxylic acids is 1. The molecule has 1 N–H and O–H groups in total. The molecule has 1 fully saturated rings. The number of urea groups is 1. The Morgan fingerprint density at radius 1 is 1.27 bits per heavy atom. The van der Waals surface area contributed by atoms with Crippen molar-refractivity contribution in [2.24, 2.45) is 7.05 Å². The molecular formula is C17H25N7O2. The molecule has 1 aliphatic rings. The molecule has 3 rings (SSSR count). The zero-order chi connectivity index (χ0) is 18.5. The minimum atomic E-state index is -0.0639. The Balaban J connectivity index is 1.54. The fourth-order valence-corrected chi connectivity index (χ4v) is 2.85. The van der Waals surface area contributed by atoms with Gasteiger partial charge in [0.2, 0.25) is 11.8 Å². The summed E-state index contributed by atoms with van der Waals surface area (Å²) in [6.45, 7) is 7.52. The number of amides is 2. The first-order valence-electron chi connectivity index (χ1n) is 8.80. The van der Waals surface area contributed by atoms with Crippen molar-refractivity contribution in [1.82, 2.24) is 30.0 Å². The number of nitrogens with one attached hydrogen (secondary N) is 1. The van der Waals surface area contributed by atoms with Gasteiger partial charge in [-0.25, -0.2) is 9.78 Å². The average Bonchev–Trinajstić information content (AvgIpc) is 3.04. The predicted octanol–water partition coefficient (Wildman–Crippen LogP) is 0.949. The van der Waals surface area contributed by atoms with Gasteiger partial charge >= 0.3 is 6.03 Å². The third kappa shape index (κ3) is 4.22. The van der Waals surface area contributed by atoms with Crippen molar-refractivity contribution in [1.29, 1.82) is 0 Å². The van der Waals surface area contributed by atoms with Crippen LogP contribution < -0.4 is 15.0 Å². The van der Waals surface area contributed by atoms with Gasteiger partial charge in [-0.2, -0.15) is 10.1 Å². The lowest BCUT2D eigenvalue weighted by Crippen LogP contribution is -2.52. The second-order valence-corrected chi connectivity index (χ2v) is 6.16.